The molecule has 112 valence electrons. The van der Waals surface area contributed by atoms with Crippen LogP contribution in [0.25, 0.3) is 0 Å². The van der Waals surface area contributed by atoms with E-state index in [1.165, 1.54) is 18.4 Å². The number of hydrogen-bond donors (Lipinski definition) is 1. The molecular formula is C16H18FNO2S. The first-order chi connectivity index (χ1) is 9.86. The third-order valence-corrected chi connectivity index (χ3v) is 4.27. The third-order valence-electron chi connectivity index (χ3n) is 3.12. The van der Waals surface area contributed by atoms with E-state index in [1.807, 2.05) is 13.0 Å². The normalized spacial score (nSPS) is 12.9. The van der Waals surface area contributed by atoms with E-state index in [2.05, 4.69) is 5.32 Å². The van der Waals surface area contributed by atoms with E-state index in [4.69, 9.17) is 0 Å². The van der Waals surface area contributed by atoms with Crippen molar-refractivity contribution in [1.29, 1.82) is 0 Å². The van der Waals surface area contributed by atoms with Crippen molar-refractivity contribution in [3.63, 3.8) is 0 Å². The summed E-state index contributed by atoms with van der Waals surface area (Å²) in [6.45, 7) is 1.93. The van der Waals surface area contributed by atoms with Gasteiger partial charge in [-0.3, -0.25) is 0 Å². The van der Waals surface area contributed by atoms with Crippen molar-refractivity contribution in [2.45, 2.75) is 24.3 Å². The Morgan fingerprint density at radius 1 is 1.14 bits per heavy atom. The van der Waals surface area contributed by atoms with Crippen LogP contribution in [0, 0.1) is 5.82 Å². The van der Waals surface area contributed by atoms with Crippen molar-refractivity contribution < 1.29 is 12.8 Å². The Labute approximate surface area is 124 Å². The van der Waals surface area contributed by atoms with E-state index in [0.29, 0.717) is 12.1 Å². The molecule has 0 heterocycles. The number of para-hydroxylation sites is 1. The van der Waals surface area contributed by atoms with Crippen LogP contribution in [0.5, 0.6) is 0 Å². The number of halogens is 1. The molecule has 0 bridgehead atoms. The van der Waals surface area contributed by atoms with Crippen molar-refractivity contribution in [3.05, 3.63) is 59.9 Å². The molecule has 1 atom stereocenters. The Morgan fingerprint density at radius 2 is 1.86 bits per heavy atom. The molecule has 2 rings (SSSR count). The van der Waals surface area contributed by atoms with Gasteiger partial charge in [0.25, 0.3) is 0 Å². The maximum absolute atomic E-state index is 13.2. The SMILES string of the molecule is CC(Cc1cccc(F)c1)Nc1ccccc1S(C)(=O)=O. The molecule has 0 aliphatic heterocycles. The number of nitrogens with one attached hydrogen (secondary N) is 1. The van der Waals surface area contributed by atoms with Crippen LogP contribution in [0.2, 0.25) is 0 Å². The predicted molar refractivity (Wildman–Crippen MR) is 82.7 cm³/mol. The summed E-state index contributed by atoms with van der Waals surface area (Å²) in [6, 6.07) is 13.2. The maximum atomic E-state index is 13.2. The maximum Gasteiger partial charge on any atom is 0.177 e. The van der Waals surface area contributed by atoms with Crippen LogP contribution < -0.4 is 5.32 Å². The highest BCUT2D eigenvalue weighted by Gasteiger charge is 2.14. The van der Waals surface area contributed by atoms with E-state index in [9.17, 15) is 12.8 Å². The molecule has 0 aliphatic carbocycles. The van der Waals surface area contributed by atoms with Crippen molar-refractivity contribution in [1.82, 2.24) is 0 Å². The molecular weight excluding hydrogens is 289 g/mol. The Morgan fingerprint density at radius 3 is 2.52 bits per heavy atom. The highest BCUT2D eigenvalue weighted by atomic mass is 32.2. The molecule has 2 aromatic rings. The average Bonchev–Trinajstić information content (AvgIpc) is 2.37. The summed E-state index contributed by atoms with van der Waals surface area (Å²) in [5.41, 5.74) is 1.44. The molecule has 1 unspecified atom stereocenters. The molecule has 0 saturated heterocycles. The zero-order valence-electron chi connectivity index (χ0n) is 12.0. The fourth-order valence-electron chi connectivity index (χ4n) is 2.24. The summed E-state index contributed by atoms with van der Waals surface area (Å²) < 4.78 is 36.7. The van der Waals surface area contributed by atoms with Crippen LogP contribution in [0.4, 0.5) is 10.1 Å². The molecule has 0 amide bonds. The topological polar surface area (TPSA) is 46.2 Å². The lowest BCUT2D eigenvalue weighted by molar-refractivity contribution is 0.602. The van der Waals surface area contributed by atoms with Gasteiger partial charge in [0.2, 0.25) is 0 Å². The lowest BCUT2D eigenvalue weighted by Gasteiger charge is -2.17. The highest BCUT2D eigenvalue weighted by molar-refractivity contribution is 7.90. The van der Waals surface area contributed by atoms with Crippen molar-refractivity contribution in [2.24, 2.45) is 0 Å². The van der Waals surface area contributed by atoms with Crippen LogP contribution in [0.15, 0.2) is 53.4 Å². The Kier molecular flexibility index (Phi) is 4.63. The lowest BCUT2D eigenvalue weighted by Crippen LogP contribution is -2.19. The molecule has 0 saturated carbocycles. The first-order valence-corrected chi connectivity index (χ1v) is 8.55. The van der Waals surface area contributed by atoms with E-state index < -0.39 is 9.84 Å². The monoisotopic (exact) mass is 307 g/mol. The molecule has 0 fully saturated rings. The van der Waals surface area contributed by atoms with Gasteiger partial charge in [-0.15, -0.1) is 0 Å². The van der Waals surface area contributed by atoms with Crippen molar-refractivity contribution in [3.8, 4) is 0 Å². The van der Waals surface area contributed by atoms with Crippen LogP contribution >= 0.6 is 0 Å². The molecule has 3 nitrogen and oxygen atoms in total. The first kappa shape index (κ1) is 15.5. The summed E-state index contributed by atoms with van der Waals surface area (Å²) in [4.78, 5) is 0.274. The Balaban J connectivity index is 2.15. The third kappa shape index (κ3) is 4.29. The molecule has 0 aromatic heterocycles. The van der Waals surface area contributed by atoms with Crippen molar-refractivity contribution in [2.75, 3.05) is 11.6 Å². The smallest absolute Gasteiger partial charge is 0.177 e. The molecule has 0 aliphatic rings. The largest absolute Gasteiger partial charge is 0.381 e. The first-order valence-electron chi connectivity index (χ1n) is 6.66. The van der Waals surface area contributed by atoms with Gasteiger partial charge < -0.3 is 5.32 Å². The minimum absolute atomic E-state index is 0.0188. The predicted octanol–water partition coefficient (Wildman–Crippen LogP) is 3.27. The number of hydrogen-bond acceptors (Lipinski definition) is 3. The Hall–Kier alpha value is -1.88. The van der Waals surface area contributed by atoms with Gasteiger partial charge in [0.15, 0.2) is 9.84 Å². The van der Waals surface area contributed by atoms with E-state index >= 15 is 0 Å². The zero-order chi connectivity index (χ0) is 15.5. The summed E-state index contributed by atoms with van der Waals surface area (Å²) in [5.74, 6) is -0.267. The minimum Gasteiger partial charge on any atom is -0.381 e. The van der Waals surface area contributed by atoms with Crippen molar-refractivity contribution >= 4 is 15.5 Å². The van der Waals surface area contributed by atoms with Crippen LogP contribution in [-0.2, 0) is 16.3 Å². The molecule has 2 aromatic carbocycles. The number of sulfone groups is 1. The summed E-state index contributed by atoms with van der Waals surface area (Å²) in [6.07, 6.45) is 1.79. The van der Waals surface area contributed by atoms with Gasteiger partial charge in [-0.05, 0) is 43.2 Å². The average molecular weight is 307 g/mol. The second-order valence-corrected chi connectivity index (χ2v) is 7.13. The fourth-order valence-corrected chi connectivity index (χ4v) is 3.10. The highest BCUT2D eigenvalue weighted by Crippen LogP contribution is 2.22. The quantitative estimate of drug-likeness (QED) is 0.922. The number of anilines is 1. The van der Waals surface area contributed by atoms with Crippen LogP contribution in [0.3, 0.4) is 0 Å². The number of benzene rings is 2. The van der Waals surface area contributed by atoms with E-state index in [1.54, 1.807) is 30.3 Å². The molecule has 0 spiro atoms. The van der Waals surface area contributed by atoms with Gasteiger partial charge in [-0.1, -0.05) is 24.3 Å². The summed E-state index contributed by atoms with van der Waals surface area (Å²) in [5, 5.41) is 3.18. The van der Waals surface area contributed by atoms with Gasteiger partial charge in [0.05, 0.1) is 10.6 Å². The minimum atomic E-state index is -3.28. The van der Waals surface area contributed by atoms with Crippen LogP contribution in [0.1, 0.15) is 12.5 Å². The van der Waals surface area contributed by atoms with Gasteiger partial charge >= 0.3 is 0 Å². The molecule has 0 radical (unpaired) electrons. The standard InChI is InChI=1S/C16H18FNO2S/c1-12(10-13-6-5-7-14(17)11-13)18-15-8-3-4-9-16(15)21(2,19)20/h3-9,11-12,18H,10H2,1-2H3. The fraction of sp³-hybridized carbons (Fsp3) is 0.250. The second-order valence-electron chi connectivity index (χ2n) is 5.15. The van der Waals surface area contributed by atoms with Gasteiger partial charge in [0, 0.05) is 12.3 Å². The summed E-state index contributed by atoms with van der Waals surface area (Å²) in [7, 11) is -3.28. The zero-order valence-corrected chi connectivity index (χ0v) is 12.8. The van der Waals surface area contributed by atoms with E-state index in [-0.39, 0.29) is 16.8 Å². The van der Waals surface area contributed by atoms with E-state index in [0.717, 1.165) is 5.56 Å². The molecule has 21 heavy (non-hydrogen) atoms. The number of rotatable bonds is 5. The Bertz CT molecular complexity index is 729. The van der Waals surface area contributed by atoms with Gasteiger partial charge in [-0.2, -0.15) is 0 Å². The lowest BCUT2D eigenvalue weighted by atomic mass is 10.1. The molecule has 5 heteroatoms. The molecule has 1 N–H and O–H groups in total. The van der Waals surface area contributed by atoms with Crippen LogP contribution in [-0.4, -0.2) is 20.7 Å². The van der Waals surface area contributed by atoms with Gasteiger partial charge in [-0.25, -0.2) is 12.8 Å². The van der Waals surface area contributed by atoms with Gasteiger partial charge in [0.1, 0.15) is 5.82 Å². The second kappa shape index (κ2) is 6.26. The summed E-state index contributed by atoms with van der Waals surface area (Å²) >= 11 is 0.